The first-order valence-electron chi connectivity index (χ1n) is 7.15. The van der Waals surface area contributed by atoms with Crippen molar-refractivity contribution in [3.63, 3.8) is 0 Å². The van der Waals surface area contributed by atoms with Gasteiger partial charge in [0.2, 0.25) is 0 Å². The summed E-state index contributed by atoms with van der Waals surface area (Å²) in [4.78, 5) is 7.25. The quantitative estimate of drug-likeness (QED) is 0.906. The first-order chi connectivity index (χ1) is 9.28. The van der Waals surface area contributed by atoms with E-state index in [9.17, 15) is 0 Å². The number of benzene rings is 1. The summed E-state index contributed by atoms with van der Waals surface area (Å²) in [5.74, 6) is 1.17. The highest BCUT2D eigenvalue weighted by Gasteiger charge is 2.14. The summed E-state index contributed by atoms with van der Waals surface area (Å²) in [6.07, 6.45) is 1.08. The molecule has 4 nitrogen and oxygen atoms in total. The predicted octanol–water partition coefficient (Wildman–Crippen LogP) is 1.54. The van der Waals surface area contributed by atoms with Gasteiger partial charge in [-0.05, 0) is 24.1 Å². The standard InChI is InChI=1S/C15H22N4/c1-3-12-4-5-13-14(10-12)18(2)15(17-13)11-19-8-6-16-7-9-19/h4-5,10,16H,3,6-9,11H2,1-2H3. The molecule has 0 spiro atoms. The Morgan fingerprint density at radius 3 is 2.79 bits per heavy atom. The molecule has 4 heteroatoms. The maximum absolute atomic E-state index is 4.78. The normalized spacial score (nSPS) is 17.2. The number of piperazine rings is 1. The van der Waals surface area contributed by atoms with Crippen molar-refractivity contribution in [3.05, 3.63) is 29.6 Å². The monoisotopic (exact) mass is 258 g/mol. The average molecular weight is 258 g/mol. The largest absolute Gasteiger partial charge is 0.330 e. The zero-order chi connectivity index (χ0) is 13.2. The van der Waals surface area contributed by atoms with Crippen LogP contribution >= 0.6 is 0 Å². The SMILES string of the molecule is CCc1ccc2nc(CN3CCNCC3)n(C)c2c1. The fourth-order valence-corrected chi connectivity index (χ4v) is 2.72. The van der Waals surface area contributed by atoms with Gasteiger partial charge in [0.15, 0.2) is 0 Å². The topological polar surface area (TPSA) is 33.1 Å². The fraction of sp³-hybridized carbons (Fsp3) is 0.533. The van der Waals surface area contributed by atoms with Crippen molar-refractivity contribution in [2.75, 3.05) is 26.2 Å². The second kappa shape index (κ2) is 5.31. The molecule has 1 saturated heterocycles. The lowest BCUT2D eigenvalue weighted by molar-refractivity contribution is 0.226. The molecule has 0 bridgehead atoms. The van der Waals surface area contributed by atoms with Crippen LogP contribution in [-0.4, -0.2) is 40.6 Å². The number of hydrogen-bond donors (Lipinski definition) is 1. The number of aromatic nitrogens is 2. The first kappa shape index (κ1) is 12.6. The van der Waals surface area contributed by atoms with Gasteiger partial charge in [-0.1, -0.05) is 13.0 Å². The summed E-state index contributed by atoms with van der Waals surface area (Å²) < 4.78 is 2.25. The van der Waals surface area contributed by atoms with Crippen LogP contribution in [0.15, 0.2) is 18.2 Å². The van der Waals surface area contributed by atoms with Crippen molar-refractivity contribution < 1.29 is 0 Å². The number of nitrogens with zero attached hydrogens (tertiary/aromatic N) is 3. The van der Waals surface area contributed by atoms with Crippen molar-refractivity contribution >= 4 is 11.0 Å². The van der Waals surface area contributed by atoms with Gasteiger partial charge in [-0.3, -0.25) is 4.90 Å². The lowest BCUT2D eigenvalue weighted by Crippen LogP contribution is -2.43. The highest BCUT2D eigenvalue weighted by molar-refractivity contribution is 5.76. The average Bonchev–Trinajstić information content (AvgIpc) is 2.76. The number of nitrogens with one attached hydrogen (secondary N) is 1. The Balaban J connectivity index is 1.88. The van der Waals surface area contributed by atoms with Gasteiger partial charge < -0.3 is 9.88 Å². The molecule has 102 valence electrons. The van der Waals surface area contributed by atoms with Gasteiger partial charge in [0, 0.05) is 33.2 Å². The Labute approximate surface area is 114 Å². The van der Waals surface area contributed by atoms with Crippen molar-refractivity contribution in [3.8, 4) is 0 Å². The van der Waals surface area contributed by atoms with Crippen molar-refractivity contribution in [1.29, 1.82) is 0 Å². The van der Waals surface area contributed by atoms with Crippen LogP contribution in [0, 0.1) is 0 Å². The van der Waals surface area contributed by atoms with Crippen LogP contribution in [0.2, 0.25) is 0 Å². The third kappa shape index (κ3) is 2.51. The zero-order valence-corrected chi connectivity index (χ0v) is 11.8. The third-order valence-corrected chi connectivity index (χ3v) is 4.02. The van der Waals surface area contributed by atoms with E-state index >= 15 is 0 Å². The molecule has 0 aliphatic carbocycles. The zero-order valence-electron chi connectivity index (χ0n) is 11.8. The van der Waals surface area contributed by atoms with Gasteiger partial charge in [-0.15, -0.1) is 0 Å². The molecule has 19 heavy (non-hydrogen) atoms. The van der Waals surface area contributed by atoms with Crippen molar-refractivity contribution in [2.45, 2.75) is 19.9 Å². The molecule has 1 aromatic carbocycles. The molecule has 1 aliphatic rings. The molecule has 0 atom stereocenters. The summed E-state index contributed by atoms with van der Waals surface area (Å²) in [5, 5.41) is 3.39. The molecule has 0 radical (unpaired) electrons. The maximum atomic E-state index is 4.78. The third-order valence-electron chi connectivity index (χ3n) is 4.02. The lowest BCUT2D eigenvalue weighted by atomic mass is 10.1. The minimum Gasteiger partial charge on any atom is -0.330 e. The Bertz CT molecular complexity index is 567. The summed E-state index contributed by atoms with van der Waals surface area (Å²) in [6.45, 7) is 7.55. The van der Waals surface area contributed by atoms with E-state index in [2.05, 4.69) is 47.0 Å². The van der Waals surface area contributed by atoms with E-state index in [1.807, 2.05) is 0 Å². The molecule has 1 fully saturated rings. The molecule has 2 aromatic rings. The molecule has 1 aromatic heterocycles. The molecule has 0 unspecified atom stereocenters. The molecular weight excluding hydrogens is 236 g/mol. The molecule has 1 N–H and O–H groups in total. The van der Waals surface area contributed by atoms with E-state index < -0.39 is 0 Å². The minimum atomic E-state index is 0.953. The van der Waals surface area contributed by atoms with Crippen LogP contribution in [0.4, 0.5) is 0 Å². The number of fused-ring (bicyclic) bond motifs is 1. The van der Waals surface area contributed by atoms with Gasteiger partial charge in [0.1, 0.15) is 5.82 Å². The molecule has 0 saturated carbocycles. The van der Waals surface area contributed by atoms with Crippen LogP contribution in [0.25, 0.3) is 11.0 Å². The predicted molar refractivity (Wildman–Crippen MR) is 78.2 cm³/mol. The van der Waals surface area contributed by atoms with Crippen LogP contribution in [0.5, 0.6) is 0 Å². The van der Waals surface area contributed by atoms with Gasteiger partial charge in [0.25, 0.3) is 0 Å². The Kier molecular flexibility index (Phi) is 3.53. The molecule has 1 aliphatic heterocycles. The smallest absolute Gasteiger partial charge is 0.123 e. The number of aryl methyl sites for hydroxylation is 2. The van der Waals surface area contributed by atoms with Crippen LogP contribution < -0.4 is 5.32 Å². The van der Waals surface area contributed by atoms with Crippen molar-refractivity contribution in [1.82, 2.24) is 19.8 Å². The highest BCUT2D eigenvalue weighted by Crippen LogP contribution is 2.18. The number of rotatable bonds is 3. The second-order valence-electron chi connectivity index (χ2n) is 5.29. The summed E-state index contributed by atoms with van der Waals surface area (Å²) >= 11 is 0. The summed E-state index contributed by atoms with van der Waals surface area (Å²) in [5.41, 5.74) is 3.75. The van der Waals surface area contributed by atoms with E-state index in [0.717, 1.165) is 44.7 Å². The van der Waals surface area contributed by atoms with Crippen LogP contribution in [0.1, 0.15) is 18.3 Å². The summed E-state index contributed by atoms with van der Waals surface area (Å²) in [7, 11) is 2.13. The Hall–Kier alpha value is -1.39. The number of hydrogen-bond acceptors (Lipinski definition) is 3. The number of imidazole rings is 1. The minimum absolute atomic E-state index is 0.953. The van der Waals surface area contributed by atoms with Crippen LogP contribution in [-0.2, 0) is 20.0 Å². The molecule has 2 heterocycles. The highest BCUT2D eigenvalue weighted by atomic mass is 15.2. The van der Waals surface area contributed by atoms with Gasteiger partial charge in [-0.2, -0.15) is 0 Å². The summed E-state index contributed by atoms with van der Waals surface area (Å²) in [6, 6.07) is 6.60. The maximum Gasteiger partial charge on any atom is 0.123 e. The molecular formula is C15H22N4. The second-order valence-corrected chi connectivity index (χ2v) is 5.29. The van der Waals surface area contributed by atoms with E-state index in [1.54, 1.807) is 0 Å². The fourth-order valence-electron chi connectivity index (χ4n) is 2.72. The van der Waals surface area contributed by atoms with E-state index in [1.165, 1.54) is 16.9 Å². The van der Waals surface area contributed by atoms with E-state index in [-0.39, 0.29) is 0 Å². The Morgan fingerprint density at radius 1 is 1.26 bits per heavy atom. The lowest BCUT2D eigenvalue weighted by Gasteiger charge is -2.26. The van der Waals surface area contributed by atoms with Gasteiger partial charge in [0.05, 0.1) is 17.6 Å². The van der Waals surface area contributed by atoms with Gasteiger partial charge in [-0.25, -0.2) is 4.98 Å². The van der Waals surface area contributed by atoms with Crippen LogP contribution in [0.3, 0.4) is 0 Å². The van der Waals surface area contributed by atoms with E-state index in [4.69, 9.17) is 4.98 Å². The van der Waals surface area contributed by atoms with E-state index in [0.29, 0.717) is 0 Å². The van der Waals surface area contributed by atoms with Gasteiger partial charge >= 0.3 is 0 Å². The van der Waals surface area contributed by atoms with Crippen molar-refractivity contribution in [2.24, 2.45) is 7.05 Å². The molecule has 0 amide bonds. The molecule has 3 rings (SSSR count). The first-order valence-corrected chi connectivity index (χ1v) is 7.15. The Morgan fingerprint density at radius 2 is 2.05 bits per heavy atom.